The molecule has 3 nitrogen and oxygen atoms in total. The number of rotatable bonds is 3. The van der Waals surface area contributed by atoms with E-state index in [-0.39, 0.29) is 11.8 Å². The van der Waals surface area contributed by atoms with Crippen molar-refractivity contribution in [3.63, 3.8) is 0 Å². The van der Waals surface area contributed by atoms with Gasteiger partial charge in [0.1, 0.15) is 0 Å². The largest absolute Gasteiger partial charge is 0.392 e. The molecular weight excluding hydrogens is 178 g/mol. The van der Waals surface area contributed by atoms with Crippen molar-refractivity contribution in [3.8, 4) is 0 Å². The second-order valence-electron chi connectivity index (χ2n) is 4.73. The summed E-state index contributed by atoms with van der Waals surface area (Å²) in [5, 5.41) is 11.9. The highest BCUT2D eigenvalue weighted by atomic mass is 16.3. The van der Waals surface area contributed by atoms with Gasteiger partial charge in [0.25, 0.3) is 0 Å². The molecule has 2 saturated carbocycles. The molecule has 14 heavy (non-hydrogen) atoms. The number of hydrogen-bond donors (Lipinski definition) is 2. The van der Waals surface area contributed by atoms with Gasteiger partial charge in [0, 0.05) is 12.5 Å². The van der Waals surface area contributed by atoms with Gasteiger partial charge >= 0.3 is 0 Å². The maximum Gasteiger partial charge on any atom is 0.223 e. The summed E-state index contributed by atoms with van der Waals surface area (Å²) in [6, 6.07) is 0. The van der Waals surface area contributed by atoms with Gasteiger partial charge < -0.3 is 10.4 Å². The summed E-state index contributed by atoms with van der Waals surface area (Å²) in [6.07, 6.45) is 4.62. The Balaban J connectivity index is 1.77. The highest BCUT2D eigenvalue weighted by molar-refractivity contribution is 5.82. The number of aliphatic hydroxyl groups excluding tert-OH is 1. The lowest BCUT2D eigenvalue weighted by Crippen LogP contribution is -2.32. The molecule has 0 spiro atoms. The SMILES string of the molecule is C[C@@H](O)CNC(=O)C1C2CCCCC21. The topological polar surface area (TPSA) is 49.3 Å². The van der Waals surface area contributed by atoms with Crippen LogP contribution in [-0.2, 0) is 4.79 Å². The zero-order chi connectivity index (χ0) is 10.1. The first-order valence-electron chi connectivity index (χ1n) is 5.66. The van der Waals surface area contributed by atoms with E-state index in [2.05, 4.69) is 5.32 Å². The Morgan fingerprint density at radius 1 is 1.43 bits per heavy atom. The minimum absolute atomic E-state index is 0.169. The molecule has 0 aliphatic heterocycles. The fourth-order valence-corrected chi connectivity index (χ4v) is 2.75. The minimum Gasteiger partial charge on any atom is -0.392 e. The molecule has 2 unspecified atom stereocenters. The maximum absolute atomic E-state index is 11.7. The molecular formula is C11H19NO2. The van der Waals surface area contributed by atoms with Gasteiger partial charge in [-0.25, -0.2) is 0 Å². The standard InChI is InChI=1S/C11H19NO2/c1-7(13)6-12-11(14)10-8-4-2-3-5-9(8)10/h7-10,13H,2-6H2,1H3,(H,12,14)/t7-,8?,9?,10?/m1/s1. The lowest BCUT2D eigenvalue weighted by Gasteiger charge is -2.06. The number of carbonyl (C=O) groups is 1. The third-order valence-corrected chi connectivity index (χ3v) is 3.53. The lowest BCUT2D eigenvalue weighted by atomic mass is 10.0. The van der Waals surface area contributed by atoms with Crippen LogP contribution in [0, 0.1) is 17.8 Å². The summed E-state index contributed by atoms with van der Waals surface area (Å²) in [4.78, 5) is 11.7. The van der Waals surface area contributed by atoms with Gasteiger partial charge in [0.05, 0.1) is 6.10 Å². The Morgan fingerprint density at radius 2 is 2.00 bits per heavy atom. The summed E-state index contributed by atoms with van der Waals surface area (Å²) in [5.41, 5.74) is 0. The minimum atomic E-state index is -0.431. The smallest absolute Gasteiger partial charge is 0.223 e. The molecule has 2 fully saturated rings. The molecule has 2 aliphatic rings. The second kappa shape index (κ2) is 3.89. The summed E-state index contributed by atoms with van der Waals surface area (Å²) < 4.78 is 0. The van der Waals surface area contributed by atoms with Crippen LogP contribution in [0.2, 0.25) is 0 Å². The summed E-state index contributed by atoms with van der Waals surface area (Å²) in [5.74, 6) is 1.77. The van der Waals surface area contributed by atoms with E-state index in [1.807, 2.05) is 0 Å². The Bertz CT molecular complexity index is 215. The van der Waals surface area contributed by atoms with E-state index < -0.39 is 6.10 Å². The van der Waals surface area contributed by atoms with Crippen LogP contribution < -0.4 is 5.32 Å². The van der Waals surface area contributed by atoms with E-state index in [1.165, 1.54) is 25.7 Å². The molecule has 3 atom stereocenters. The molecule has 0 radical (unpaired) electrons. The first-order chi connectivity index (χ1) is 6.70. The Hall–Kier alpha value is -0.570. The number of carbonyl (C=O) groups excluding carboxylic acids is 1. The predicted octanol–water partition coefficient (Wildman–Crippen LogP) is 0.920. The Morgan fingerprint density at radius 3 is 2.50 bits per heavy atom. The van der Waals surface area contributed by atoms with Crippen molar-refractivity contribution in [2.75, 3.05) is 6.54 Å². The van der Waals surface area contributed by atoms with Crippen molar-refractivity contribution in [2.45, 2.75) is 38.7 Å². The predicted molar refractivity (Wildman–Crippen MR) is 53.6 cm³/mol. The zero-order valence-corrected chi connectivity index (χ0v) is 8.70. The lowest BCUT2D eigenvalue weighted by molar-refractivity contribution is -0.123. The van der Waals surface area contributed by atoms with Crippen LogP contribution >= 0.6 is 0 Å². The quantitative estimate of drug-likeness (QED) is 0.707. The first kappa shape index (κ1) is 9.97. The Kier molecular flexibility index (Phi) is 2.77. The van der Waals surface area contributed by atoms with Crippen molar-refractivity contribution in [2.24, 2.45) is 17.8 Å². The fourth-order valence-electron chi connectivity index (χ4n) is 2.75. The van der Waals surface area contributed by atoms with Crippen molar-refractivity contribution >= 4 is 5.91 Å². The number of aliphatic hydroxyl groups is 1. The van der Waals surface area contributed by atoms with E-state index in [0.29, 0.717) is 18.4 Å². The van der Waals surface area contributed by atoms with E-state index in [1.54, 1.807) is 6.92 Å². The number of nitrogens with one attached hydrogen (secondary N) is 1. The summed E-state index contributed by atoms with van der Waals surface area (Å²) in [6.45, 7) is 2.09. The van der Waals surface area contributed by atoms with E-state index in [9.17, 15) is 4.79 Å². The third-order valence-electron chi connectivity index (χ3n) is 3.53. The molecule has 0 aromatic carbocycles. The van der Waals surface area contributed by atoms with Gasteiger partial charge in [-0.2, -0.15) is 0 Å². The van der Waals surface area contributed by atoms with Gasteiger partial charge in [0.15, 0.2) is 0 Å². The molecule has 2 rings (SSSR count). The van der Waals surface area contributed by atoms with Gasteiger partial charge in [-0.05, 0) is 31.6 Å². The molecule has 80 valence electrons. The first-order valence-corrected chi connectivity index (χ1v) is 5.66. The number of amides is 1. The van der Waals surface area contributed by atoms with Gasteiger partial charge in [0.2, 0.25) is 5.91 Å². The molecule has 0 aromatic heterocycles. The molecule has 0 bridgehead atoms. The number of hydrogen-bond acceptors (Lipinski definition) is 2. The molecule has 2 aliphatic carbocycles. The van der Waals surface area contributed by atoms with Crippen molar-refractivity contribution in [1.82, 2.24) is 5.32 Å². The van der Waals surface area contributed by atoms with Crippen LogP contribution in [-0.4, -0.2) is 23.7 Å². The van der Waals surface area contributed by atoms with Gasteiger partial charge in [-0.15, -0.1) is 0 Å². The molecule has 2 N–H and O–H groups in total. The summed E-state index contributed by atoms with van der Waals surface area (Å²) >= 11 is 0. The normalized spacial score (nSPS) is 37.1. The maximum atomic E-state index is 11.7. The Labute approximate surface area is 84.9 Å². The van der Waals surface area contributed by atoms with Gasteiger partial charge in [-0.1, -0.05) is 12.8 Å². The van der Waals surface area contributed by atoms with Crippen LogP contribution in [0.3, 0.4) is 0 Å². The number of fused-ring (bicyclic) bond motifs is 1. The highest BCUT2D eigenvalue weighted by Gasteiger charge is 2.54. The molecule has 0 heterocycles. The van der Waals surface area contributed by atoms with Crippen molar-refractivity contribution in [1.29, 1.82) is 0 Å². The van der Waals surface area contributed by atoms with Crippen LogP contribution in [0.15, 0.2) is 0 Å². The van der Waals surface area contributed by atoms with E-state index in [0.717, 1.165) is 0 Å². The van der Waals surface area contributed by atoms with Crippen LogP contribution in [0.4, 0.5) is 0 Å². The van der Waals surface area contributed by atoms with Gasteiger partial charge in [-0.3, -0.25) is 4.79 Å². The van der Waals surface area contributed by atoms with Crippen molar-refractivity contribution in [3.05, 3.63) is 0 Å². The third kappa shape index (κ3) is 1.92. The van der Waals surface area contributed by atoms with Crippen LogP contribution in [0.5, 0.6) is 0 Å². The summed E-state index contributed by atoms with van der Waals surface area (Å²) in [7, 11) is 0. The zero-order valence-electron chi connectivity index (χ0n) is 8.70. The van der Waals surface area contributed by atoms with E-state index >= 15 is 0 Å². The second-order valence-corrected chi connectivity index (χ2v) is 4.73. The van der Waals surface area contributed by atoms with E-state index in [4.69, 9.17) is 5.11 Å². The molecule has 1 amide bonds. The molecule has 0 aromatic rings. The molecule has 0 saturated heterocycles. The van der Waals surface area contributed by atoms with Crippen LogP contribution in [0.1, 0.15) is 32.6 Å². The average molecular weight is 197 g/mol. The molecule has 3 heteroatoms. The fraction of sp³-hybridized carbons (Fsp3) is 0.909. The van der Waals surface area contributed by atoms with Crippen molar-refractivity contribution < 1.29 is 9.90 Å². The average Bonchev–Trinajstić information content (AvgIpc) is 2.88. The highest BCUT2D eigenvalue weighted by Crippen LogP contribution is 2.55. The monoisotopic (exact) mass is 197 g/mol. The van der Waals surface area contributed by atoms with Crippen LogP contribution in [0.25, 0.3) is 0 Å².